The molecule has 0 bridgehead atoms. The Kier molecular flexibility index (Phi) is 5.18. The predicted molar refractivity (Wildman–Crippen MR) is 81.9 cm³/mol. The van der Waals surface area contributed by atoms with Crippen LogP contribution < -0.4 is 5.32 Å². The van der Waals surface area contributed by atoms with Gasteiger partial charge in [0.2, 0.25) is 0 Å². The van der Waals surface area contributed by atoms with Crippen molar-refractivity contribution < 1.29 is 4.74 Å². The van der Waals surface area contributed by atoms with Gasteiger partial charge in [-0.3, -0.25) is 4.68 Å². The zero-order chi connectivity index (χ0) is 14.4. The number of nitrogens with zero attached hydrogens (tertiary/aromatic N) is 2. The molecule has 2 rings (SSSR count). The second kappa shape index (κ2) is 7.10. The van der Waals surface area contributed by atoms with E-state index in [2.05, 4.69) is 48.5 Å². The molecule has 1 atom stereocenters. The Hall–Kier alpha value is -1.81. The van der Waals surface area contributed by atoms with Gasteiger partial charge in [-0.1, -0.05) is 26.0 Å². The molecule has 20 heavy (non-hydrogen) atoms. The minimum absolute atomic E-state index is 0.319. The van der Waals surface area contributed by atoms with Crippen molar-refractivity contribution in [2.75, 3.05) is 19.0 Å². The molecule has 0 aliphatic heterocycles. The van der Waals surface area contributed by atoms with E-state index in [4.69, 9.17) is 4.74 Å². The van der Waals surface area contributed by atoms with E-state index in [0.29, 0.717) is 18.6 Å². The minimum atomic E-state index is 0.319. The smallest absolute Gasteiger partial charge is 0.0666 e. The van der Waals surface area contributed by atoms with Crippen LogP contribution in [0.1, 0.15) is 19.4 Å². The molecule has 0 amide bonds. The van der Waals surface area contributed by atoms with Gasteiger partial charge >= 0.3 is 0 Å². The highest BCUT2D eigenvalue weighted by Gasteiger charge is 2.12. The van der Waals surface area contributed by atoms with Crippen LogP contribution in [-0.4, -0.2) is 29.5 Å². The van der Waals surface area contributed by atoms with Crippen LogP contribution in [-0.2, 0) is 11.3 Å². The maximum Gasteiger partial charge on any atom is 0.0666 e. The second-order valence-electron chi connectivity index (χ2n) is 5.35. The largest absolute Gasteiger partial charge is 0.383 e. The molecule has 1 aromatic carbocycles. The third-order valence-electron chi connectivity index (χ3n) is 3.33. The zero-order valence-corrected chi connectivity index (χ0v) is 12.4. The summed E-state index contributed by atoms with van der Waals surface area (Å²) in [5.74, 6) is 0.518. The standard InChI is InChI=1S/C16H23N3O/c1-13(2)16(12-20-3)18-15-7-4-6-14(10-15)11-19-9-5-8-17-19/h4-10,13,16,18H,11-12H2,1-3H3. The van der Waals surface area contributed by atoms with Crippen molar-refractivity contribution in [3.05, 3.63) is 48.3 Å². The third-order valence-corrected chi connectivity index (χ3v) is 3.33. The van der Waals surface area contributed by atoms with Gasteiger partial charge in [0.15, 0.2) is 0 Å². The number of benzene rings is 1. The first-order chi connectivity index (χ1) is 9.69. The normalized spacial score (nSPS) is 12.6. The quantitative estimate of drug-likeness (QED) is 0.843. The van der Waals surface area contributed by atoms with E-state index in [1.165, 1.54) is 5.56 Å². The van der Waals surface area contributed by atoms with Crippen molar-refractivity contribution in [3.8, 4) is 0 Å². The fraction of sp³-hybridized carbons (Fsp3) is 0.438. The molecule has 0 radical (unpaired) electrons. The lowest BCUT2D eigenvalue weighted by atomic mass is 10.0. The Bertz CT molecular complexity index is 508. The highest BCUT2D eigenvalue weighted by molar-refractivity contribution is 5.46. The van der Waals surface area contributed by atoms with Crippen molar-refractivity contribution in [2.45, 2.75) is 26.4 Å². The van der Waals surface area contributed by atoms with Gasteiger partial charge in [0.25, 0.3) is 0 Å². The monoisotopic (exact) mass is 273 g/mol. The van der Waals surface area contributed by atoms with Gasteiger partial charge in [0, 0.05) is 25.2 Å². The van der Waals surface area contributed by atoms with E-state index in [9.17, 15) is 0 Å². The van der Waals surface area contributed by atoms with Gasteiger partial charge in [0.1, 0.15) is 0 Å². The van der Waals surface area contributed by atoms with Crippen molar-refractivity contribution in [2.24, 2.45) is 5.92 Å². The Labute approximate surface area is 120 Å². The van der Waals surface area contributed by atoms with Crippen LogP contribution in [0.3, 0.4) is 0 Å². The Morgan fingerprint density at radius 1 is 1.30 bits per heavy atom. The van der Waals surface area contributed by atoms with Crippen molar-refractivity contribution in [1.29, 1.82) is 0 Å². The van der Waals surface area contributed by atoms with Crippen LogP contribution in [0.2, 0.25) is 0 Å². The Morgan fingerprint density at radius 3 is 2.80 bits per heavy atom. The Morgan fingerprint density at radius 2 is 2.15 bits per heavy atom. The van der Waals surface area contributed by atoms with Gasteiger partial charge in [-0.25, -0.2) is 0 Å². The molecule has 2 aromatic rings. The number of nitrogens with one attached hydrogen (secondary N) is 1. The van der Waals surface area contributed by atoms with Gasteiger partial charge in [0.05, 0.1) is 19.2 Å². The van der Waals surface area contributed by atoms with Crippen molar-refractivity contribution >= 4 is 5.69 Å². The van der Waals surface area contributed by atoms with E-state index < -0.39 is 0 Å². The molecule has 0 aliphatic carbocycles. The Balaban J connectivity index is 2.05. The number of hydrogen-bond acceptors (Lipinski definition) is 3. The molecule has 0 saturated carbocycles. The van der Waals surface area contributed by atoms with E-state index >= 15 is 0 Å². The first kappa shape index (κ1) is 14.6. The van der Waals surface area contributed by atoms with Gasteiger partial charge in [-0.2, -0.15) is 5.10 Å². The molecule has 1 aromatic heterocycles. The van der Waals surface area contributed by atoms with Crippen LogP contribution in [0.5, 0.6) is 0 Å². The fourth-order valence-corrected chi connectivity index (χ4v) is 2.13. The molecule has 1 N–H and O–H groups in total. The summed E-state index contributed by atoms with van der Waals surface area (Å²) < 4.78 is 7.20. The molecule has 4 heteroatoms. The van der Waals surface area contributed by atoms with E-state index in [0.717, 1.165) is 12.2 Å². The number of rotatable bonds is 7. The van der Waals surface area contributed by atoms with Gasteiger partial charge in [-0.05, 0) is 29.7 Å². The number of hydrogen-bond donors (Lipinski definition) is 1. The van der Waals surface area contributed by atoms with Crippen LogP contribution in [0.25, 0.3) is 0 Å². The van der Waals surface area contributed by atoms with Crippen LogP contribution in [0, 0.1) is 5.92 Å². The SMILES string of the molecule is COCC(Nc1cccc(Cn2cccn2)c1)C(C)C. The van der Waals surface area contributed by atoms with E-state index in [-0.39, 0.29) is 0 Å². The summed E-state index contributed by atoms with van der Waals surface area (Å²) in [5, 5.41) is 7.78. The lowest BCUT2D eigenvalue weighted by Gasteiger charge is -2.23. The molecule has 1 heterocycles. The van der Waals surface area contributed by atoms with Gasteiger partial charge in [-0.15, -0.1) is 0 Å². The molecule has 0 saturated heterocycles. The maximum absolute atomic E-state index is 5.28. The highest BCUT2D eigenvalue weighted by atomic mass is 16.5. The van der Waals surface area contributed by atoms with E-state index in [1.807, 2.05) is 16.9 Å². The number of aromatic nitrogens is 2. The first-order valence-electron chi connectivity index (χ1n) is 7.01. The molecule has 0 fully saturated rings. The summed E-state index contributed by atoms with van der Waals surface area (Å²) in [7, 11) is 1.74. The third kappa shape index (κ3) is 4.10. The summed E-state index contributed by atoms with van der Waals surface area (Å²) >= 11 is 0. The molecular formula is C16H23N3O. The maximum atomic E-state index is 5.28. The highest BCUT2D eigenvalue weighted by Crippen LogP contribution is 2.15. The number of anilines is 1. The number of ether oxygens (including phenoxy) is 1. The molecule has 0 aliphatic rings. The van der Waals surface area contributed by atoms with Crippen LogP contribution >= 0.6 is 0 Å². The molecule has 4 nitrogen and oxygen atoms in total. The van der Waals surface area contributed by atoms with Crippen molar-refractivity contribution in [1.82, 2.24) is 9.78 Å². The summed E-state index contributed by atoms with van der Waals surface area (Å²) in [6.45, 7) is 5.90. The lowest BCUT2D eigenvalue weighted by Crippen LogP contribution is -2.30. The summed E-state index contributed by atoms with van der Waals surface area (Å²) in [4.78, 5) is 0. The van der Waals surface area contributed by atoms with E-state index in [1.54, 1.807) is 13.3 Å². The number of methoxy groups -OCH3 is 1. The molecule has 0 spiro atoms. The molecule has 1 unspecified atom stereocenters. The molecule has 108 valence electrons. The van der Waals surface area contributed by atoms with Crippen LogP contribution in [0.4, 0.5) is 5.69 Å². The second-order valence-corrected chi connectivity index (χ2v) is 5.35. The zero-order valence-electron chi connectivity index (χ0n) is 12.4. The topological polar surface area (TPSA) is 39.1 Å². The van der Waals surface area contributed by atoms with Crippen LogP contribution in [0.15, 0.2) is 42.7 Å². The average molecular weight is 273 g/mol. The minimum Gasteiger partial charge on any atom is -0.383 e. The summed E-state index contributed by atoms with van der Waals surface area (Å²) in [6.07, 6.45) is 3.78. The first-order valence-corrected chi connectivity index (χ1v) is 7.01. The molecular weight excluding hydrogens is 250 g/mol. The predicted octanol–water partition coefficient (Wildman–Crippen LogP) is 3.01. The lowest BCUT2D eigenvalue weighted by molar-refractivity contribution is 0.171. The van der Waals surface area contributed by atoms with Crippen molar-refractivity contribution in [3.63, 3.8) is 0 Å². The summed E-state index contributed by atoms with van der Waals surface area (Å²) in [5.41, 5.74) is 2.36. The average Bonchev–Trinajstić information content (AvgIpc) is 2.91. The fourth-order valence-electron chi connectivity index (χ4n) is 2.13. The summed E-state index contributed by atoms with van der Waals surface area (Å²) in [6, 6.07) is 10.7. The van der Waals surface area contributed by atoms with Gasteiger partial charge < -0.3 is 10.1 Å².